The van der Waals surface area contributed by atoms with Crippen LogP contribution in [0.5, 0.6) is 0 Å². The van der Waals surface area contributed by atoms with Crippen molar-refractivity contribution < 1.29 is 23.9 Å². The Morgan fingerprint density at radius 3 is 2.43 bits per heavy atom. The van der Waals surface area contributed by atoms with Crippen molar-refractivity contribution in [2.45, 2.75) is 6.42 Å². The van der Waals surface area contributed by atoms with Crippen LogP contribution in [0.25, 0.3) is 11.3 Å². The first kappa shape index (κ1) is 16.7. The molecular formula is C21H16N2O5. The number of amides is 2. The molecule has 3 aliphatic rings. The molecule has 1 N–H and O–H groups in total. The zero-order chi connectivity index (χ0) is 19.4. The van der Waals surface area contributed by atoms with E-state index < -0.39 is 5.97 Å². The van der Waals surface area contributed by atoms with E-state index in [2.05, 4.69) is 5.10 Å². The lowest BCUT2D eigenvalue weighted by molar-refractivity contribution is -0.140. The topological polar surface area (TPSA) is 100 Å². The number of carbonyl (C=O) groups is 3. The Hall–Kier alpha value is -3.48. The number of nitrogens with zero attached hydrogens (tertiary/aromatic N) is 2. The van der Waals surface area contributed by atoms with Crippen LogP contribution in [0.1, 0.15) is 22.5 Å². The van der Waals surface area contributed by atoms with E-state index >= 15 is 0 Å². The van der Waals surface area contributed by atoms with Gasteiger partial charge in [0.1, 0.15) is 11.5 Å². The van der Waals surface area contributed by atoms with E-state index in [9.17, 15) is 19.5 Å². The van der Waals surface area contributed by atoms with Gasteiger partial charge in [-0.05, 0) is 36.5 Å². The summed E-state index contributed by atoms with van der Waals surface area (Å²) in [5, 5.41) is 14.3. The number of allylic oxidation sites excluding steroid dienone is 2. The van der Waals surface area contributed by atoms with Crippen LogP contribution < -0.4 is 0 Å². The van der Waals surface area contributed by atoms with Gasteiger partial charge >= 0.3 is 5.97 Å². The summed E-state index contributed by atoms with van der Waals surface area (Å²) >= 11 is 0. The molecule has 2 heterocycles. The van der Waals surface area contributed by atoms with Crippen molar-refractivity contribution >= 4 is 24.0 Å². The molecule has 7 nitrogen and oxygen atoms in total. The number of furan rings is 1. The third-order valence-electron chi connectivity index (χ3n) is 5.80. The van der Waals surface area contributed by atoms with Crippen molar-refractivity contribution in [3.63, 3.8) is 0 Å². The van der Waals surface area contributed by atoms with Crippen LogP contribution in [-0.4, -0.2) is 34.1 Å². The fraction of sp³-hybridized carbons (Fsp3) is 0.238. The molecule has 0 spiro atoms. The number of imide groups is 1. The third-order valence-corrected chi connectivity index (χ3v) is 5.80. The summed E-state index contributed by atoms with van der Waals surface area (Å²) in [6.45, 7) is 0. The molecule has 2 fully saturated rings. The number of carboxylic acid groups (broad SMARTS) is 1. The monoisotopic (exact) mass is 376 g/mol. The van der Waals surface area contributed by atoms with Crippen LogP contribution in [0.4, 0.5) is 0 Å². The molecule has 2 aromatic rings. The van der Waals surface area contributed by atoms with Gasteiger partial charge in [0.15, 0.2) is 0 Å². The van der Waals surface area contributed by atoms with Gasteiger partial charge in [0.2, 0.25) is 0 Å². The van der Waals surface area contributed by atoms with Crippen LogP contribution in [-0.2, 0) is 9.59 Å². The number of hydrogen-bond donors (Lipinski definition) is 1. The summed E-state index contributed by atoms with van der Waals surface area (Å²) in [5.74, 6) is -1.19. The molecule has 0 unspecified atom stereocenters. The number of hydrazone groups is 1. The highest BCUT2D eigenvalue weighted by Gasteiger charge is 2.59. The van der Waals surface area contributed by atoms with Gasteiger partial charge in [-0.3, -0.25) is 9.59 Å². The second-order valence-electron chi connectivity index (χ2n) is 7.29. The molecule has 28 heavy (non-hydrogen) atoms. The van der Waals surface area contributed by atoms with Crippen molar-refractivity contribution in [1.29, 1.82) is 0 Å². The van der Waals surface area contributed by atoms with Crippen LogP contribution in [0.3, 0.4) is 0 Å². The standard InChI is InChI=1S/C21H16N2O5/c24-19-17-11-5-6-12(9-11)18(17)20(25)23(19)22-10-13-7-8-16(28-13)14-3-1-2-4-15(14)21(26)27/h1-8,10-12,17-18H,9H2,(H,26,27)/b22-10-/t11-,12+,17-,18-/m0/s1. The Morgan fingerprint density at radius 2 is 1.75 bits per heavy atom. The largest absolute Gasteiger partial charge is 0.478 e. The lowest BCUT2D eigenvalue weighted by Crippen LogP contribution is -2.28. The molecule has 1 aromatic heterocycles. The molecule has 2 bridgehead atoms. The normalized spacial score (nSPS) is 27.9. The summed E-state index contributed by atoms with van der Waals surface area (Å²) in [6.07, 6.45) is 6.25. The van der Waals surface area contributed by atoms with Crippen molar-refractivity contribution in [1.82, 2.24) is 5.01 Å². The smallest absolute Gasteiger partial charge is 0.336 e. The maximum atomic E-state index is 12.6. The highest BCUT2D eigenvalue weighted by atomic mass is 16.4. The first-order chi connectivity index (χ1) is 13.5. The number of carboxylic acids is 1. The number of aromatic carboxylic acids is 1. The summed E-state index contributed by atoms with van der Waals surface area (Å²) < 4.78 is 5.67. The van der Waals surface area contributed by atoms with Crippen LogP contribution in [0, 0.1) is 23.7 Å². The molecule has 2 amide bonds. The van der Waals surface area contributed by atoms with Crippen molar-refractivity contribution in [3.8, 4) is 11.3 Å². The van der Waals surface area contributed by atoms with Crippen LogP contribution in [0.15, 0.2) is 58.1 Å². The molecule has 1 saturated heterocycles. The third kappa shape index (κ3) is 2.36. The summed E-state index contributed by atoms with van der Waals surface area (Å²) in [5.41, 5.74) is 0.571. The van der Waals surface area contributed by atoms with Crippen molar-refractivity contribution in [2.24, 2.45) is 28.8 Å². The minimum atomic E-state index is -1.05. The molecule has 1 saturated carbocycles. The maximum Gasteiger partial charge on any atom is 0.336 e. The van der Waals surface area contributed by atoms with Gasteiger partial charge in [0.25, 0.3) is 11.8 Å². The Balaban J connectivity index is 1.39. The number of benzene rings is 1. The fourth-order valence-electron chi connectivity index (χ4n) is 4.57. The van der Waals surface area contributed by atoms with Crippen molar-refractivity contribution in [2.75, 3.05) is 0 Å². The Labute approximate surface area is 159 Å². The highest BCUT2D eigenvalue weighted by Crippen LogP contribution is 2.52. The lowest BCUT2D eigenvalue weighted by Gasteiger charge is -2.13. The molecule has 2 aliphatic carbocycles. The van der Waals surface area contributed by atoms with Gasteiger partial charge in [0, 0.05) is 5.56 Å². The molecule has 7 heteroatoms. The Morgan fingerprint density at radius 1 is 1.07 bits per heavy atom. The predicted molar refractivity (Wildman–Crippen MR) is 98.3 cm³/mol. The maximum absolute atomic E-state index is 12.6. The van der Waals surface area contributed by atoms with Gasteiger partial charge in [0.05, 0.1) is 23.6 Å². The number of rotatable bonds is 4. The second-order valence-corrected chi connectivity index (χ2v) is 7.29. The van der Waals surface area contributed by atoms with Crippen molar-refractivity contribution in [3.05, 3.63) is 59.9 Å². The number of fused-ring (bicyclic) bond motifs is 5. The Bertz CT molecular complexity index is 1040. The zero-order valence-corrected chi connectivity index (χ0v) is 14.7. The first-order valence-electron chi connectivity index (χ1n) is 9.07. The molecule has 140 valence electrons. The van der Waals surface area contributed by atoms with E-state index in [1.165, 1.54) is 12.3 Å². The quantitative estimate of drug-likeness (QED) is 0.502. The van der Waals surface area contributed by atoms with E-state index in [-0.39, 0.29) is 41.0 Å². The summed E-state index contributed by atoms with van der Waals surface area (Å²) in [7, 11) is 0. The van der Waals surface area contributed by atoms with E-state index in [0.717, 1.165) is 11.4 Å². The van der Waals surface area contributed by atoms with Gasteiger partial charge in [-0.1, -0.05) is 30.4 Å². The van der Waals surface area contributed by atoms with Crippen LogP contribution in [0.2, 0.25) is 0 Å². The molecule has 5 rings (SSSR count). The van der Waals surface area contributed by atoms with Gasteiger partial charge in [-0.25, -0.2) is 4.79 Å². The SMILES string of the molecule is O=C(O)c1ccccc1-c1ccc(/C=N\N2C(=O)[C@@H]3[C@@H](C2=O)[C@H]2C=C[C@@H]3C2)o1. The summed E-state index contributed by atoms with van der Waals surface area (Å²) in [6, 6.07) is 9.77. The molecule has 1 aromatic carbocycles. The first-order valence-corrected chi connectivity index (χ1v) is 9.07. The van der Waals surface area contributed by atoms with E-state index in [4.69, 9.17) is 4.42 Å². The zero-order valence-electron chi connectivity index (χ0n) is 14.7. The number of hydrogen-bond acceptors (Lipinski definition) is 5. The molecule has 0 radical (unpaired) electrons. The average Bonchev–Trinajstić information content (AvgIpc) is 3.46. The highest BCUT2D eigenvalue weighted by molar-refractivity contribution is 6.06. The van der Waals surface area contributed by atoms with Crippen LogP contribution >= 0.6 is 0 Å². The Kier molecular flexibility index (Phi) is 3.58. The van der Waals surface area contributed by atoms with E-state index in [0.29, 0.717) is 17.1 Å². The predicted octanol–water partition coefficient (Wildman–Crippen LogP) is 2.79. The summed E-state index contributed by atoms with van der Waals surface area (Å²) in [4.78, 5) is 36.6. The average molecular weight is 376 g/mol. The molecule has 4 atom stereocenters. The van der Waals surface area contributed by atoms with Gasteiger partial charge in [-0.15, -0.1) is 0 Å². The fourth-order valence-corrected chi connectivity index (χ4v) is 4.57. The molecular weight excluding hydrogens is 360 g/mol. The van der Waals surface area contributed by atoms with Gasteiger partial charge < -0.3 is 9.52 Å². The van der Waals surface area contributed by atoms with Gasteiger partial charge in [-0.2, -0.15) is 10.1 Å². The van der Waals surface area contributed by atoms with E-state index in [1.54, 1.807) is 30.3 Å². The minimum absolute atomic E-state index is 0.126. The number of carbonyl (C=O) groups excluding carboxylic acids is 2. The van der Waals surface area contributed by atoms with E-state index in [1.807, 2.05) is 12.2 Å². The molecule has 1 aliphatic heterocycles. The lowest BCUT2D eigenvalue weighted by atomic mass is 9.85. The second kappa shape index (κ2) is 6.02. The minimum Gasteiger partial charge on any atom is -0.478 e.